The van der Waals surface area contributed by atoms with Crippen LogP contribution in [0.25, 0.3) is 0 Å². The number of likely N-dealkylation sites (tertiary alicyclic amines) is 1. The van der Waals surface area contributed by atoms with E-state index in [2.05, 4.69) is 20.5 Å². The van der Waals surface area contributed by atoms with Gasteiger partial charge in [0.15, 0.2) is 17.2 Å². The fraction of sp³-hybridized carbons (Fsp3) is 0.591. The Kier molecular flexibility index (Phi) is 6.52. The predicted octanol–water partition coefficient (Wildman–Crippen LogP) is 2.89. The van der Waals surface area contributed by atoms with Crippen molar-refractivity contribution < 1.29 is 14.6 Å². The molecular weight excluding hydrogens is 382 g/mol. The van der Waals surface area contributed by atoms with Crippen LogP contribution >= 0.6 is 0 Å². The molecule has 1 amide bonds. The molecule has 1 aliphatic heterocycles. The normalized spacial score (nSPS) is 20.4. The summed E-state index contributed by atoms with van der Waals surface area (Å²) in [5.74, 6) is 0.578. The maximum Gasteiger partial charge on any atom is 0.273 e. The number of rotatable bonds is 7. The Morgan fingerprint density at radius 2 is 2.10 bits per heavy atom. The van der Waals surface area contributed by atoms with Crippen LogP contribution in [0.3, 0.4) is 0 Å². The summed E-state index contributed by atoms with van der Waals surface area (Å²) in [5, 5.41) is 21.4. The molecule has 1 aromatic carbocycles. The Morgan fingerprint density at radius 1 is 1.27 bits per heavy atom. The number of amides is 1. The SMILES string of the molecule is CCOc1cc(CN2CCC[C@@H](n3cc(C(=O)NC4CCCC4)nn3)C2)ccc1O. The number of aromatic nitrogens is 3. The lowest BCUT2D eigenvalue weighted by Crippen LogP contribution is -2.36. The van der Waals surface area contributed by atoms with Crippen LogP contribution in [0.2, 0.25) is 0 Å². The average Bonchev–Trinajstić information content (AvgIpc) is 3.43. The van der Waals surface area contributed by atoms with Crippen molar-refractivity contribution in [2.24, 2.45) is 0 Å². The first-order valence-corrected chi connectivity index (χ1v) is 11.0. The van der Waals surface area contributed by atoms with Gasteiger partial charge in [0.25, 0.3) is 5.91 Å². The molecule has 1 saturated carbocycles. The first kappa shape index (κ1) is 20.7. The average molecular weight is 414 g/mol. The van der Waals surface area contributed by atoms with Crippen molar-refractivity contribution in [2.45, 2.75) is 64.1 Å². The monoisotopic (exact) mass is 413 g/mol. The summed E-state index contributed by atoms with van der Waals surface area (Å²) in [4.78, 5) is 14.8. The lowest BCUT2D eigenvalue weighted by Gasteiger charge is -2.32. The second-order valence-corrected chi connectivity index (χ2v) is 8.30. The van der Waals surface area contributed by atoms with Crippen LogP contribution in [0.1, 0.15) is 67.5 Å². The number of aromatic hydroxyl groups is 1. The summed E-state index contributed by atoms with van der Waals surface area (Å²) in [6.45, 7) is 5.05. The number of carbonyl (C=O) groups excluding carboxylic acids is 1. The predicted molar refractivity (Wildman–Crippen MR) is 113 cm³/mol. The zero-order valence-electron chi connectivity index (χ0n) is 17.6. The Hall–Kier alpha value is -2.61. The van der Waals surface area contributed by atoms with E-state index in [1.54, 1.807) is 12.3 Å². The standard InChI is InChI=1S/C22H31N5O3/c1-2-30-21-12-16(9-10-20(21)28)13-26-11-5-8-18(14-26)27-15-19(24-25-27)22(29)23-17-6-3-4-7-17/h9-10,12,15,17-18,28H,2-8,11,13-14H2,1H3,(H,23,29)/t18-/m1/s1. The number of ether oxygens (including phenoxy) is 1. The van der Waals surface area contributed by atoms with Crippen LogP contribution in [0.5, 0.6) is 11.5 Å². The third-order valence-electron chi connectivity index (χ3n) is 6.02. The van der Waals surface area contributed by atoms with E-state index >= 15 is 0 Å². The van der Waals surface area contributed by atoms with Crippen molar-refractivity contribution in [3.8, 4) is 11.5 Å². The van der Waals surface area contributed by atoms with E-state index < -0.39 is 0 Å². The van der Waals surface area contributed by atoms with E-state index in [0.717, 1.165) is 50.9 Å². The van der Waals surface area contributed by atoms with E-state index in [-0.39, 0.29) is 23.7 Å². The van der Waals surface area contributed by atoms with E-state index in [0.29, 0.717) is 18.1 Å². The molecule has 1 aromatic heterocycles. The molecule has 0 unspecified atom stereocenters. The summed E-state index contributed by atoms with van der Waals surface area (Å²) in [6, 6.07) is 6.00. The van der Waals surface area contributed by atoms with E-state index in [9.17, 15) is 9.90 Å². The molecule has 4 rings (SSSR count). The molecule has 2 fully saturated rings. The quantitative estimate of drug-likeness (QED) is 0.725. The van der Waals surface area contributed by atoms with Gasteiger partial charge >= 0.3 is 0 Å². The second kappa shape index (κ2) is 9.47. The van der Waals surface area contributed by atoms with Crippen LogP contribution in [-0.4, -0.2) is 56.6 Å². The summed E-state index contributed by atoms with van der Waals surface area (Å²) >= 11 is 0. The highest BCUT2D eigenvalue weighted by Gasteiger charge is 2.25. The number of benzene rings is 1. The zero-order chi connectivity index (χ0) is 20.9. The summed E-state index contributed by atoms with van der Waals surface area (Å²) in [5.41, 5.74) is 1.51. The molecule has 0 radical (unpaired) electrons. The lowest BCUT2D eigenvalue weighted by atomic mass is 10.0. The minimum atomic E-state index is -0.117. The van der Waals surface area contributed by atoms with Gasteiger partial charge in [-0.05, 0) is 56.8 Å². The highest BCUT2D eigenvalue weighted by molar-refractivity contribution is 5.92. The molecule has 1 atom stereocenters. The Balaban J connectivity index is 1.36. The van der Waals surface area contributed by atoms with Crippen LogP contribution in [-0.2, 0) is 6.54 Å². The van der Waals surface area contributed by atoms with Gasteiger partial charge in [-0.25, -0.2) is 4.68 Å². The van der Waals surface area contributed by atoms with Crippen molar-refractivity contribution in [1.82, 2.24) is 25.2 Å². The molecule has 1 saturated heterocycles. The number of hydrogen-bond donors (Lipinski definition) is 2. The van der Waals surface area contributed by atoms with Gasteiger partial charge in [-0.15, -0.1) is 5.10 Å². The number of carbonyl (C=O) groups is 1. The number of nitrogens with one attached hydrogen (secondary N) is 1. The smallest absolute Gasteiger partial charge is 0.273 e. The van der Waals surface area contributed by atoms with Gasteiger partial charge in [0, 0.05) is 19.1 Å². The number of piperidine rings is 1. The fourth-order valence-electron chi connectivity index (χ4n) is 4.47. The van der Waals surface area contributed by atoms with Crippen LogP contribution in [0.4, 0.5) is 0 Å². The van der Waals surface area contributed by atoms with E-state index in [1.165, 1.54) is 12.8 Å². The highest BCUT2D eigenvalue weighted by atomic mass is 16.5. The van der Waals surface area contributed by atoms with Crippen LogP contribution < -0.4 is 10.1 Å². The zero-order valence-corrected chi connectivity index (χ0v) is 17.6. The minimum absolute atomic E-state index is 0.117. The summed E-state index contributed by atoms with van der Waals surface area (Å²) in [7, 11) is 0. The number of hydrogen-bond acceptors (Lipinski definition) is 6. The topological polar surface area (TPSA) is 92.5 Å². The summed E-state index contributed by atoms with van der Waals surface area (Å²) < 4.78 is 7.35. The maximum atomic E-state index is 12.4. The van der Waals surface area contributed by atoms with Gasteiger partial charge in [0.1, 0.15) is 0 Å². The number of nitrogens with zero attached hydrogens (tertiary/aromatic N) is 4. The van der Waals surface area contributed by atoms with Crippen molar-refractivity contribution in [2.75, 3.05) is 19.7 Å². The minimum Gasteiger partial charge on any atom is -0.504 e. The number of phenolic OH excluding ortho intramolecular Hbond substituents is 1. The van der Waals surface area contributed by atoms with Crippen molar-refractivity contribution in [3.05, 3.63) is 35.7 Å². The molecule has 2 aromatic rings. The molecule has 2 N–H and O–H groups in total. The molecule has 8 nitrogen and oxygen atoms in total. The maximum absolute atomic E-state index is 12.4. The molecule has 8 heteroatoms. The van der Waals surface area contributed by atoms with Gasteiger partial charge in [-0.3, -0.25) is 9.69 Å². The Morgan fingerprint density at radius 3 is 2.90 bits per heavy atom. The third-order valence-corrected chi connectivity index (χ3v) is 6.02. The van der Waals surface area contributed by atoms with Crippen molar-refractivity contribution in [3.63, 3.8) is 0 Å². The first-order chi connectivity index (χ1) is 14.6. The molecular formula is C22H31N5O3. The second-order valence-electron chi connectivity index (χ2n) is 8.30. The Labute approximate surface area is 177 Å². The molecule has 30 heavy (non-hydrogen) atoms. The van der Waals surface area contributed by atoms with Crippen LogP contribution in [0, 0.1) is 0 Å². The molecule has 1 aliphatic carbocycles. The number of phenols is 1. The van der Waals surface area contributed by atoms with Crippen molar-refractivity contribution >= 4 is 5.91 Å². The molecule has 0 bridgehead atoms. The largest absolute Gasteiger partial charge is 0.504 e. The van der Waals surface area contributed by atoms with E-state index in [4.69, 9.17) is 4.74 Å². The fourth-order valence-corrected chi connectivity index (χ4v) is 4.47. The van der Waals surface area contributed by atoms with Crippen molar-refractivity contribution in [1.29, 1.82) is 0 Å². The third kappa shape index (κ3) is 4.92. The van der Waals surface area contributed by atoms with E-state index in [1.807, 2.05) is 23.7 Å². The molecule has 162 valence electrons. The van der Waals surface area contributed by atoms with Gasteiger partial charge in [-0.2, -0.15) is 0 Å². The molecule has 2 aliphatic rings. The van der Waals surface area contributed by atoms with Gasteiger partial charge in [-0.1, -0.05) is 24.1 Å². The van der Waals surface area contributed by atoms with Gasteiger partial charge in [0.2, 0.25) is 0 Å². The lowest BCUT2D eigenvalue weighted by molar-refractivity contribution is 0.0932. The first-order valence-electron chi connectivity index (χ1n) is 11.0. The highest BCUT2D eigenvalue weighted by Crippen LogP contribution is 2.29. The Bertz CT molecular complexity index is 862. The van der Waals surface area contributed by atoms with Gasteiger partial charge < -0.3 is 15.2 Å². The summed E-state index contributed by atoms with van der Waals surface area (Å²) in [6.07, 6.45) is 8.34. The molecule has 2 heterocycles. The van der Waals surface area contributed by atoms with Crippen LogP contribution in [0.15, 0.2) is 24.4 Å². The van der Waals surface area contributed by atoms with Gasteiger partial charge in [0.05, 0.1) is 18.8 Å². The molecule has 0 spiro atoms.